The minimum atomic E-state index is -5.36. The highest BCUT2D eigenvalue weighted by Crippen LogP contribution is 2.42. The fourth-order valence-electron chi connectivity index (χ4n) is 1.92. The van der Waals surface area contributed by atoms with Gasteiger partial charge in [0, 0.05) is 6.04 Å². The Morgan fingerprint density at radius 3 is 1.56 bits per heavy atom. The maximum atomic E-state index is 12.5. The number of hydrogen-bond acceptors (Lipinski definition) is 2. The van der Waals surface area contributed by atoms with Gasteiger partial charge in [-0.3, -0.25) is 11.3 Å². The Balaban J connectivity index is 5.06. The first-order chi connectivity index (χ1) is 8.07. The summed E-state index contributed by atoms with van der Waals surface area (Å²) in [6, 6.07) is -1.85. The molecule has 1 unspecified atom stereocenters. The van der Waals surface area contributed by atoms with Crippen LogP contribution in [0.25, 0.3) is 0 Å². The SMILES string of the molecule is CCC(CC)CC(NN)C(C(F)(F)F)C(F)(F)F. The first kappa shape index (κ1) is 17.5. The summed E-state index contributed by atoms with van der Waals surface area (Å²) in [6.07, 6.45) is -9.95. The normalized spacial score (nSPS) is 15.5. The number of hydrazine groups is 1. The molecule has 18 heavy (non-hydrogen) atoms. The van der Waals surface area contributed by atoms with Crippen LogP contribution in [0.3, 0.4) is 0 Å². The number of rotatable bonds is 6. The van der Waals surface area contributed by atoms with Crippen molar-refractivity contribution in [2.45, 2.75) is 51.5 Å². The number of alkyl halides is 6. The minimum absolute atomic E-state index is 0.224. The van der Waals surface area contributed by atoms with Gasteiger partial charge in [0.05, 0.1) is 0 Å². The number of nitrogens with two attached hydrogens (primary N) is 1. The minimum Gasteiger partial charge on any atom is -0.271 e. The molecule has 0 radical (unpaired) electrons. The predicted octanol–water partition coefficient (Wildman–Crippen LogP) is 3.39. The molecule has 110 valence electrons. The van der Waals surface area contributed by atoms with Gasteiger partial charge in [0.25, 0.3) is 0 Å². The van der Waals surface area contributed by atoms with E-state index in [-0.39, 0.29) is 12.3 Å². The molecule has 0 aromatic heterocycles. The van der Waals surface area contributed by atoms with E-state index < -0.39 is 24.3 Å². The Hall–Kier alpha value is -0.500. The maximum absolute atomic E-state index is 12.5. The van der Waals surface area contributed by atoms with Gasteiger partial charge in [0.1, 0.15) is 0 Å². The summed E-state index contributed by atoms with van der Waals surface area (Å²) in [4.78, 5) is 0. The molecule has 0 fully saturated rings. The summed E-state index contributed by atoms with van der Waals surface area (Å²) in [7, 11) is 0. The van der Waals surface area contributed by atoms with Crippen molar-refractivity contribution in [2.75, 3.05) is 0 Å². The predicted molar refractivity (Wildman–Crippen MR) is 55.4 cm³/mol. The van der Waals surface area contributed by atoms with E-state index in [0.29, 0.717) is 12.8 Å². The van der Waals surface area contributed by atoms with Crippen LogP contribution in [0, 0.1) is 11.8 Å². The van der Waals surface area contributed by atoms with Crippen LogP contribution in [0.15, 0.2) is 0 Å². The van der Waals surface area contributed by atoms with Gasteiger partial charge in [-0.05, 0) is 12.3 Å². The molecule has 0 aromatic carbocycles. The summed E-state index contributed by atoms with van der Waals surface area (Å²) in [5.41, 5.74) is 1.67. The van der Waals surface area contributed by atoms with Crippen molar-refractivity contribution >= 4 is 0 Å². The molecule has 0 bridgehead atoms. The zero-order chi connectivity index (χ0) is 14.6. The molecule has 0 saturated carbocycles. The number of halogens is 6. The Morgan fingerprint density at radius 2 is 1.33 bits per heavy atom. The highest BCUT2D eigenvalue weighted by molar-refractivity contribution is 4.87. The van der Waals surface area contributed by atoms with Crippen LogP contribution in [0.4, 0.5) is 26.3 Å². The molecule has 0 saturated heterocycles. The molecule has 0 spiro atoms. The van der Waals surface area contributed by atoms with E-state index in [0.717, 1.165) is 0 Å². The van der Waals surface area contributed by atoms with Crippen molar-refractivity contribution < 1.29 is 26.3 Å². The van der Waals surface area contributed by atoms with Crippen LogP contribution in [-0.2, 0) is 0 Å². The van der Waals surface area contributed by atoms with Crippen molar-refractivity contribution in [3.05, 3.63) is 0 Å². The largest absolute Gasteiger partial charge is 0.402 e. The van der Waals surface area contributed by atoms with E-state index in [4.69, 9.17) is 5.84 Å². The third-order valence-electron chi connectivity index (χ3n) is 3.06. The molecule has 0 aliphatic rings. The van der Waals surface area contributed by atoms with Crippen molar-refractivity contribution in [1.29, 1.82) is 0 Å². The summed E-state index contributed by atoms with van der Waals surface area (Å²) in [6.45, 7) is 3.44. The monoisotopic (exact) mass is 280 g/mol. The average Bonchev–Trinajstić information content (AvgIpc) is 2.19. The first-order valence-electron chi connectivity index (χ1n) is 5.67. The topological polar surface area (TPSA) is 38.0 Å². The van der Waals surface area contributed by atoms with Crippen LogP contribution in [0.2, 0.25) is 0 Å². The van der Waals surface area contributed by atoms with Crippen molar-refractivity contribution in [3.63, 3.8) is 0 Å². The molecule has 0 amide bonds. The lowest BCUT2D eigenvalue weighted by Gasteiger charge is -2.32. The summed E-state index contributed by atoms with van der Waals surface area (Å²) in [5.74, 6) is 1.22. The third-order valence-corrected chi connectivity index (χ3v) is 3.06. The van der Waals surface area contributed by atoms with Crippen LogP contribution in [-0.4, -0.2) is 18.4 Å². The van der Waals surface area contributed by atoms with Crippen molar-refractivity contribution in [1.82, 2.24) is 5.43 Å². The van der Waals surface area contributed by atoms with Gasteiger partial charge >= 0.3 is 12.4 Å². The quantitative estimate of drug-likeness (QED) is 0.444. The average molecular weight is 280 g/mol. The van der Waals surface area contributed by atoms with Gasteiger partial charge in [-0.1, -0.05) is 26.7 Å². The summed E-state index contributed by atoms with van der Waals surface area (Å²) < 4.78 is 75.0. The lowest BCUT2D eigenvalue weighted by Crippen LogP contribution is -2.53. The lowest BCUT2D eigenvalue weighted by molar-refractivity contribution is -0.292. The van der Waals surface area contributed by atoms with Crippen LogP contribution in [0.5, 0.6) is 0 Å². The van der Waals surface area contributed by atoms with Gasteiger partial charge in [0.2, 0.25) is 0 Å². The molecule has 1 atom stereocenters. The Kier molecular flexibility index (Phi) is 6.42. The van der Waals surface area contributed by atoms with E-state index in [2.05, 4.69) is 0 Å². The van der Waals surface area contributed by atoms with Crippen molar-refractivity contribution in [2.24, 2.45) is 17.7 Å². The highest BCUT2D eigenvalue weighted by Gasteiger charge is 2.60. The second kappa shape index (κ2) is 6.60. The lowest BCUT2D eigenvalue weighted by atomic mass is 9.87. The van der Waals surface area contributed by atoms with E-state index in [1.54, 1.807) is 19.3 Å². The van der Waals surface area contributed by atoms with E-state index in [1.807, 2.05) is 0 Å². The molecule has 0 aliphatic carbocycles. The second-order valence-electron chi connectivity index (χ2n) is 4.25. The zero-order valence-corrected chi connectivity index (χ0v) is 10.2. The van der Waals surface area contributed by atoms with Crippen LogP contribution >= 0.6 is 0 Å². The third kappa shape index (κ3) is 5.01. The van der Waals surface area contributed by atoms with Gasteiger partial charge in [-0.2, -0.15) is 26.3 Å². The summed E-state index contributed by atoms with van der Waals surface area (Å²) in [5, 5.41) is 0. The highest BCUT2D eigenvalue weighted by atomic mass is 19.4. The van der Waals surface area contributed by atoms with Crippen LogP contribution < -0.4 is 11.3 Å². The molecule has 8 heteroatoms. The van der Waals surface area contributed by atoms with Crippen LogP contribution in [0.1, 0.15) is 33.1 Å². The standard InChI is InChI=1S/C10H18F6N2/c1-3-6(4-2)5-7(18-17)8(9(11,12)13)10(14,15)16/h6-8,18H,3-5,17H2,1-2H3. The zero-order valence-electron chi connectivity index (χ0n) is 10.2. The molecular weight excluding hydrogens is 262 g/mol. The summed E-state index contributed by atoms with van der Waals surface area (Å²) >= 11 is 0. The molecular formula is C10H18F6N2. The fourth-order valence-corrected chi connectivity index (χ4v) is 1.92. The molecule has 0 aromatic rings. The van der Waals surface area contributed by atoms with E-state index in [1.165, 1.54) is 0 Å². The fraction of sp³-hybridized carbons (Fsp3) is 1.00. The molecule has 3 N–H and O–H groups in total. The Labute approximate surface area is 102 Å². The molecule has 0 aliphatic heterocycles. The number of hydrogen-bond donors (Lipinski definition) is 2. The Bertz CT molecular complexity index is 220. The molecule has 2 nitrogen and oxygen atoms in total. The molecule has 0 heterocycles. The van der Waals surface area contributed by atoms with Gasteiger partial charge in [-0.25, -0.2) is 0 Å². The Morgan fingerprint density at radius 1 is 0.944 bits per heavy atom. The second-order valence-corrected chi connectivity index (χ2v) is 4.25. The van der Waals surface area contributed by atoms with Crippen molar-refractivity contribution in [3.8, 4) is 0 Å². The first-order valence-corrected chi connectivity index (χ1v) is 5.67. The molecule has 0 rings (SSSR count). The van der Waals surface area contributed by atoms with Gasteiger partial charge < -0.3 is 0 Å². The smallest absolute Gasteiger partial charge is 0.271 e. The van der Waals surface area contributed by atoms with E-state index >= 15 is 0 Å². The maximum Gasteiger partial charge on any atom is 0.402 e. The van der Waals surface area contributed by atoms with Gasteiger partial charge in [0.15, 0.2) is 5.92 Å². The van der Waals surface area contributed by atoms with E-state index in [9.17, 15) is 26.3 Å². The number of nitrogens with one attached hydrogen (secondary N) is 1. The van der Waals surface area contributed by atoms with Gasteiger partial charge in [-0.15, -0.1) is 0 Å².